The van der Waals surface area contributed by atoms with Crippen LogP contribution in [0.5, 0.6) is 0 Å². The van der Waals surface area contributed by atoms with Crippen LogP contribution in [0.2, 0.25) is 0 Å². The summed E-state index contributed by atoms with van der Waals surface area (Å²) >= 11 is 0. The molecule has 2 N–H and O–H groups in total. The topological polar surface area (TPSA) is 130 Å². The van der Waals surface area contributed by atoms with Crippen molar-refractivity contribution < 1.29 is 13.9 Å². The highest BCUT2D eigenvalue weighted by Crippen LogP contribution is 2.35. The highest BCUT2D eigenvalue weighted by molar-refractivity contribution is 5.94. The van der Waals surface area contributed by atoms with Gasteiger partial charge in [-0.15, -0.1) is 5.10 Å². The molecule has 0 aliphatic rings. The molecule has 1 aromatic carbocycles. The number of carbonyl (C=O) groups excluding carboxylic acids is 1. The number of benzene rings is 1. The molecule has 0 saturated heterocycles. The molecule has 0 bridgehead atoms. The number of nitrogens with zero attached hydrogens (tertiary/aromatic N) is 6. The molecule has 5 aromatic rings. The number of methoxy groups -OCH3 is 1. The van der Waals surface area contributed by atoms with Crippen LogP contribution >= 0.6 is 0 Å². The maximum Gasteiger partial charge on any atom is 0.356 e. The second kappa shape index (κ2) is 9.02. The summed E-state index contributed by atoms with van der Waals surface area (Å²) in [6.45, 7) is 1.73. The number of nitrogen functional groups attached to an aromatic ring is 1. The Morgan fingerprint density at radius 3 is 2.56 bits per heavy atom. The normalized spacial score (nSPS) is 11.1. The lowest BCUT2D eigenvalue weighted by Crippen LogP contribution is -2.24. The highest BCUT2D eigenvalue weighted by Gasteiger charge is 2.23. The number of halogens is 1. The van der Waals surface area contributed by atoms with E-state index in [-0.39, 0.29) is 23.8 Å². The Hall–Kier alpha value is -4.93. The zero-order valence-corrected chi connectivity index (χ0v) is 19.3. The molecule has 0 amide bonds. The minimum absolute atomic E-state index is 0.0108. The number of fused-ring (bicyclic) bond motifs is 1. The van der Waals surface area contributed by atoms with E-state index in [2.05, 4.69) is 20.1 Å². The van der Waals surface area contributed by atoms with Gasteiger partial charge in [-0.25, -0.2) is 33.0 Å². The Bertz CT molecular complexity index is 1660. The monoisotopic (exact) mass is 485 g/mol. The van der Waals surface area contributed by atoms with Gasteiger partial charge in [-0.1, -0.05) is 30.3 Å². The predicted octanol–water partition coefficient (Wildman–Crippen LogP) is 2.88. The molecule has 0 radical (unpaired) electrons. The molecule has 36 heavy (non-hydrogen) atoms. The third kappa shape index (κ3) is 4.06. The third-order valence-corrected chi connectivity index (χ3v) is 5.54. The third-order valence-electron chi connectivity index (χ3n) is 5.54. The SMILES string of the molecule is COC(=O)c1cc(-c2c(-c3ccccc3)nc(N)n3c(=O)n(Cc4ccc(F)cn4)nc23)cc(C)n1. The maximum atomic E-state index is 13.3. The average molecular weight is 485 g/mol. The molecule has 0 spiro atoms. The van der Waals surface area contributed by atoms with Crippen LogP contribution in [0.4, 0.5) is 10.3 Å². The number of hydrogen-bond acceptors (Lipinski definition) is 8. The van der Waals surface area contributed by atoms with E-state index < -0.39 is 17.5 Å². The molecular formula is C25H20FN7O3. The van der Waals surface area contributed by atoms with Crippen LogP contribution in [0.15, 0.2) is 65.6 Å². The number of carbonyl (C=O) groups is 1. The minimum atomic E-state index is -0.606. The van der Waals surface area contributed by atoms with Gasteiger partial charge in [-0.2, -0.15) is 0 Å². The van der Waals surface area contributed by atoms with Gasteiger partial charge in [-0.05, 0) is 36.8 Å². The molecule has 180 valence electrons. The lowest BCUT2D eigenvalue weighted by Gasteiger charge is -2.13. The lowest BCUT2D eigenvalue weighted by atomic mass is 9.99. The Morgan fingerprint density at radius 2 is 1.86 bits per heavy atom. The van der Waals surface area contributed by atoms with Crippen LogP contribution in [-0.4, -0.2) is 42.2 Å². The zero-order chi connectivity index (χ0) is 25.4. The van der Waals surface area contributed by atoms with Crippen molar-refractivity contribution in [1.82, 2.24) is 29.1 Å². The van der Waals surface area contributed by atoms with Gasteiger partial charge in [0, 0.05) is 11.3 Å². The summed E-state index contributed by atoms with van der Waals surface area (Å²) in [6, 6.07) is 15.3. The number of nitrogens with two attached hydrogens (primary N) is 1. The number of pyridine rings is 2. The zero-order valence-electron chi connectivity index (χ0n) is 19.3. The first kappa shape index (κ1) is 22.8. The van der Waals surface area contributed by atoms with E-state index in [0.29, 0.717) is 28.2 Å². The molecular weight excluding hydrogens is 465 g/mol. The molecule has 0 aliphatic carbocycles. The van der Waals surface area contributed by atoms with Crippen molar-refractivity contribution in [1.29, 1.82) is 0 Å². The summed E-state index contributed by atoms with van der Waals surface area (Å²) in [6.07, 6.45) is 1.07. The maximum absolute atomic E-state index is 13.3. The van der Waals surface area contributed by atoms with E-state index in [1.807, 2.05) is 30.3 Å². The van der Waals surface area contributed by atoms with Crippen LogP contribution in [0.25, 0.3) is 28.0 Å². The summed E-state index contributed by atoms with van der Waals surface area (Å²) in [5, 5.41) is 4.55. The fraction of sp³-hybridized carbons (Fsp3) is 0.120. The van der Waals surface area contributed by atoms with Gasteiger partial charge in [0.1, 0.15) is 11.5 Å². The second-order valence-electron chi connectivity index (χ2n) is 8.00. The van der Waals surface area contributed by atoms with Gasteiger partial charge in [0.25, 0.3) is 0 Å². The van der Waals surface area contributed by atoms with E-state index in [1.165, 1.54) is 28.3 Å². The minimum Gasteiger partial charge on any atom is -0.464 e. The van der Waals surface area contributed by atoms with Crippen molar-refractivity contribution in [3.8, 4) is 22.4 Å². The van der Waals surface area contributed by atoms with Crippen molar-refractivity contribution in [3.63, 3.8) is 0 Å². The van der Waals surface area contributed by atoms with Crippen molar-refractivity contribution >= 4 is 17.6 Å². The van der Waals surface area contributed by atoms with Crippen LogP contribution in [0.3, 0.4) is 0 Å². The van der Waals surface area contributed by atoms with Gasteiger partial charge in [0.05, 0.1) is 36.8 Å². The first-order valence-electron chi connectivity index (χ1n) is 10.9. The van der Waals surface area contributed by atoms with E-state index in [0.717, 1.165) is 11.8 Å². The Morgan fingerprint density at radius 1 is 1.08 bits per heavy atom. The van der Waals surface area contributed by atoms with Crippen molar-refractivity contribution in [2.75, 3.05) is 12.8 Å². The highest BCUT2D eigenvalue weighted by atomic mass is 19.1. The second-order valence-corrected chi connectivity index (χ2v) is 8.00. The van der Waals surface area contributed by atoms with Gasteiger partial charge in [0.15, 0.2) is 5.65 Å². The summed E-state index contributed by atoms with van der Waals surface area (Å²) < 4.78 is 20.5. The number of hydrogen-bond donors (Lipinski definition) is 1. The summed E-state index contributed by atoms with van der Waals surface area (Å²) in [5.41, 5.74) is 9.26. The Balaban J connectivity index is 1.81. The molecule has 0 fully saturated rings. The smallest absolute Gasteiger partial charge is 0.356 e. The van der Waals surface area contributed by atoms with Crippen molar-refractivity contribution in [2.45, 2.75) is 13.5 Å². The molecule has 0 saturated carbocycles. The molecule has 11 heteroatoms. The standard InChI is InChI=1S/C25H20FN7O3/c1-14-10-16(11-19(29-14)23(34)36-2)20-21(15-6-4-3-5-7-15)30-24(27)33-22(20)31-32(25(33)35)13-18-9-8-17(26)12-28-18/h3-12H,13H2,1-2H3,(H2,27,30). The molecule has 5 rings (SSSR count). The van der Waals surface area contributed by atoms with Gasteiger partial charge >= 0.3 is 11.7 Å². The quantitative estimate of drug-likeness (QED) is 0.376. The molecule has 10 nitrogen and oxygen atoms in total. The van der Waals surface area contributed by atoms with Crippen LogP contribution in [0, 0.1) is 12.7 Å². The first-order chi connectivity index (χ1) is 17.4. The van der Waals surface area contributed by atoms with E-state index in [4.69, 9.17) is 10.5 Å². The van der Waals surface area contributed by atoms with Crippen molar-refractivity contribution in [3.05, 3.63) is 94.2 Å². The van der Waals surface area contributed by atoms with Crippen LogP contribution in [0.1, 0.15) is 21.9 Å². The number of esters is 1. The molecule has 0 aliphatic heterocycles. The number of rotatable bonds is 5. The number of ether oxygens (including phenoxy) is 1. The van der Waals surface area contributed by atoms with E-state index >= 15 is 0 Å². The summed E-state index contributed by atoms with van der Waals surface area (Å²) in [7, 11) is 1.27. The lowest BCUT2D eigenvalue weighted by molar-refractivity contribution is 0.0594. The predicted molar refractivity (Wildman–Crippen MR) is 130 cm³/mol. The summed E-state index contributed by atoms with van der Waals surface area (Å²) in [4.78, 5) is 38.4. The van der Waals surface area contributed by atoms with Crippen LogP contribution in [-0.2, 0) is 11.3 Å². The van der Waals surface area contributed by atoms with Crippen LogP contribution < -0.4 is 11.4 Å². The molecule has 4 aromatic heterocycles. The average Bonchev–Trinajstić information content (AvgIpc) is 3.20. The first-order valence-corrected chi connectivity index (χ1v) is 10.9. The Kier molecular flexibility index (Phi) is 5.72. The Labute approximate surface area is 203 Å². The molecule has 0 atom stereocenters. The van der Waals surface area contributed by atoms with Gasteiger partial charge in [0.2, 0.25) is 5.95 Å². The molecule has 4 heterocycles. The van der Waals surface area contributed by atoms with E-state index in [1.54, 1.807) is 19.1 Å². The van der Waals surface area contributed by atoms with Gasteiger partial charge in [-0.3, -0.25) is 4.98 Å². The largest absolute Gasteiger partial charge is 0.464 e. The number of anilines is 1. The van der Waals surface area contributed by atoms with E-state index in [9.17, 15) is 14.0 Å². The number of aryl methyl sites for hydroxylation is 1. The summed E-state index contributed by atoms with van der Waals surface area (Å²) in [5.74, 6) is -1.15. The number of aromatic nitrogens is 6. The fourth-order valence-electron chi connectivity index (χ4n) is 3.95. The molecule has 0 unspecified atom stereocenters. The van der Waals surface area contributed by atoms with Gasteiger partial charge < -0.3 is 10.5 Å². The fourth-order valence-corrected chi connectivity index (χ4v) is 3.95. The van der Waals surface area contributed by atoms with Crippen molar-refractivity contribution in [2.24, 2.45) is 0 Å².